The predicted octanol–water partition coefficient (Wildman–Crippen LogP) is 3.66. The molecule has 0 unspecified atom stereocenters. The lowest BCUT2D eigenvalue weighted by molar-refractivity contribution is 0.0175. The number of halogens is 1. The Labute approximate surface area is 112 Å². The van der Waals surface area contributed by atoms with Crippen molar-refractivity contribution in [2.45, 2.75) is 38.7 Å². The molecule has 98 valence electrons. The van der Waals surface area contributed by atoms with E-state index in [1.165, 1.54) is 0 Å². The molecule has 0 aromatic heterocycles. The summed E-state index contributed by atoms with van der Waals surface area (Å²) in [6, 6.07) is 5.02. The fraction of sp³-hybridized carbons (Fsp3) is 0.500. The minimum absolute atomic E-state index is 0.0204. The van der Waals surface area contributed by atoms with Gasteiger partial charge in [-0.2, -0.15) is 0 Å². The molecular formula is C14H18ClNO2. The second kappa shape index (κ2) is 5.61. The first kappa shape index (κ1) is 13.2. The van der Waals surface area contributed by atoms with Crippen LogP contribution in [0.4, 0.5) is 5.69 Å². The summed E-state index contributed by atoms with van der Waals surface area (Å²) in [5, 5.41) is 0.390. The molecule has 3 nitrogen and oxygen atoms in total. The molecule has 4 heteroatoms. The van der Waals surface area contributed by atoms with Crippen molar-refractivity contribution in [2.24, 2.45) is 5.92 Å². The maximum absolute atomic E-state index is 12.0. The van der Waals surface area contributed by atoms with Gasteiger partial charge in [0, 0.05) is 0 Å². The third-order valence-corrected chi connectivity index (χ3v) is 3.84. The summed E-state index contributed by atoms with van der Waals surface area (Å²) in [6.07, 6.45) is 4.12. The first-order chi connectivity index (χ1) is 8.58. The highest BCUT2D eigenvalue weighted by molar-refractivity contribution is 6.33. The van der Waals surface area contributed by atoms with Crippen LogP contribution in [0.1, 0.15) is 43.0 Å². The summed E-state index contributed by atoms with van der Waals surface area (Å²) in [7, 11) is 0. The van der Waals surface area contributed by atoms with Gasteiger partial charge in [-0.15, -0.1) is 0 Å². The van der Waals surface area contributed by atoms with E-state index in [4.69, 9.17) is 22.1 Å². The number of hydrogen-bond donors (Lipinski definition) is 1. The highest BCUT2D eigenvalue weighted by Gasteiger charge is 2.23. The fourth-order valence-corrected chi connectivity index (χ4v) is 2.45. The van der Waals surface area contributed by atoms with Gasteiger partial charge in [-0.1, -0.05) is 24.6 Å². The molecule has 0 radical (unpaired) electrons. The van der Waals surface area contributed by atoms with Crippen LogP contribution < -0.4 is 5.73 Å². The molecule has 1 aromatic rings. The van der Waals surface area contributed by atoms with E-state index in [2.05, 4.69) is 6.92 Å². The molecule has 0 spiro atoms. The maximum Gasteiger partial charge on any atom is 0.340 e. The van der Waals surface area contributed by atoms with Crippen molar-refractivity contribution in [3.8, 4) is 0 Å². The third-order valence-electron chi connectivity index (χ3n) is 3.51. The van der Waals surface area contributed by atoms with Crippen LogP contribution in [0.25, 0.3) is 0 Å². The van der Waals surface area contributed by atoms with Gasteiger partial charge in [0.1, 0.15) is 6.10 Å². The van der Waals surface area contributed by atoms with Gasteiger partial charge in [0.15, 0.2) is 0 Å². The zero-order chi connectivity index (χ0) is 13.1. The second-order valence-corrected chi connectivity index (χ2v) is 5.40. The number of carbonyl (C=O) groups excluding carboxylic acids is 1. The summed E-state index contributed by atoms with van der Waals surface area (Å²) in [5.41, 5.74) is 6.44. The largest absolute Gasteiger partial charge is 0.459 e. The predicted molar refractivity (Wildman–Crippen MR) is 72.7 cm³/mol. The topological polar surface area (TPSA) is 52.3 Å². The quantitative estimate of drug-likeness (QED) is 0.657. The van der Waals surface area contributed by atoms with E-state index in [0.29, 0.717) is 16.3 Å². The highest BCUT2D eigenvalue weighted by atomic mass is 35.5. The average Bonchev–Trinajstić information content (AvgIpc) is 2.35. The molecule has 1 aromatic carbocycles. The minimum atomic E-state index is -0.366. The van der Waals surface area contributed by atoms with Crippen molar-refractivity contribution < 1.29 is 9.53 Å². The van der Waals surface area contributed by atoms with Gasteiger partial charge in [-0.3, -0.25) is 0 Å². The first-order valence-corrected chi connectivity index (χ1v) is 6.70. The first-order valence-electron chi connectivity index (χ1n) is 6.33. The lowest BCUT2D eigenvalue weighted by atomic mass is 9.89. The number of anilines is 1. The Kier molecular flexibility index (Phi) is 4.12. The third kappa shape index (κ3) is 2.96. The van der Waals surface area contributed by atoms with Gasteiger partial charge in [0.25, 0.3) is 0 Å². The van der Waals surface area contributed by atoms with Crippen LogP contribution in [-0.2, 0) is 4.74 Å². The molecular weight excluding hydrogens is 250 g/mol. The van der Waals surface area contributed by atoms with Gasteiger partial charge in [0.05, 0.1) is 16.3 Å². The standard InChI is InChI=1S/C14H18ClNO2/c1-9-5-7-10(8-6-9)18-14(17)11-3-2-4-12(15)13(11)16/h2-4,9-10H,5-8,16H2,1H3. The summed E-state index contributed by atoms with van der Waals surface area (Å²) < 4.78 is 5.48. The number of benzene rings is 1. The zero-order valence-corrected chi connectivity index (χ0v) is 11.2. The normalized spacial score (nSPS) is 23.7. The number of carbonyl (C=O) groups is 1. The lowest BCUT2D eigenvalue weighted by Crippen LogP contribution is -2.24. The van der Waals surface area contributed by atoms with Crippen LogP contribution in [0.15, 0.2) is 18.2 Å². The van der Waals surface area contributed by atoms with Crippen LogP contribution in [-0.4, -0.2) is 12.1 Å². The Bertz CT molecular complexity index is 439. The van der Waals surface area contributed by atoms with E-state index in [9.17, 15) is 4.79 Å². The minimum Gasteiger partial charge on any atom is -0.459 e. The van der Waals surface area contributed by atoms with E-state index < -0.39 is 0 Å². The second-order valence-electron chi connectivity index (χ2n) is 4.99. The van der Waals surface area contributed by atoms with E-state index in [-0.39, 0.29) is 12.1 Å². The van der Waals surface area contributed by atoms with Crippen LogP contribution >= 0.6 is 11.6 Å². The number of hydrogen-bond acceptors (Lipinski definition) is 3. The van der Waals surface area contributed by atoms with E-state index in [1.807, 2.05) is 0 Å². The Morgan fingerprint density at radius 1 is 1.33 bits per heavy atom. The van der Waals surface area contributed by atoms with Gasteiger partial charge >= 0.3 is 5.97 Å². The smallest absolute Gasteiger partial charge is 0.340 e. The summed E-state index contributed by atoms with van der Waals surface area (Å²) >= 11 is 5.89. The Morgan fingerprint density at radius 2 is 2.00 bits per heavy atom. The van der Waals surface area contributed by atoms with Crippen LogP contribution in [0.2, 0.25) is 5.02 Å². The maximum atomic E-state index is 12.0. The number of ether oxygens (including phenoxy) is 1. The van der Waals surface area contributed by atoms with Crippen LogP contribution in [0.5, 0.6) is 0 Å². The number of nitrogens with two attached hydrogens (primary N) is 1. The van der Waals surface area contributed by atoms with Crippen LogP contribution in [0, 0.1) is 5.92 Å². The van der Waals surface area contributed by atoms with Crippen molar-refractivity contribution in [1.82, 2.24) is 0 Å². The molecule has 1 fully saturated rings. The Balaban J connectivity index is 2.01. The van der Waals surface area contributed by atoms with Crippen molar-refractivity contribution >= 4 is 23.3 Å². The summed E-state index contributed by atoms with van der Waals surface area (Å²) in [5.74, 6) is 0.366. The average molecular weight is 268 g/mol. The monoisotopic (exact) mass is 267 g/mol. The number of nitrogen functional groups attached to an aromatic ring is 1. The van der Waals surface area contributed by atoms with Gasteiger partial charge in [-0.25, -0.2) is 4.79 Å². The zero-order valence-electron chi connectivity index (χ0n) is 10.5. The molecule has 0 heterocycles. The number of rotatable bonds is 2. The van der Waals surface area contributed by atoms with E-state index in [1.54, 1.807) is 18.2 Å². The Hall–Kier alpha value is -1.22. The van der Waals surface area contributed by atoms with E-state index in [0.717, 1.165) is 31.6 Å². The summed E-state index contributed by atoms with van der Waals surface area (Å²) in [4.78, 5) is 12.0. The molecule has 0 saturated heterocycles. The van der Waals surface area contributed by atoms with Gasteiger partial charge in [-0.05, 0) is 43.7 Å². The molecule has 1 aliphatic carbocycles. The lowest BCUT2D eigenvalue weighted by Gasteiger charge is -2.26. The van der Waals surface area contributed by atoms with E-state index >= 15 is 0 Å². The highest BCUT2D eigenvalue weighted by Crippen LogP contribution is 2.28. The van der Waals surface area contributed by atoms with Crippen molar-refractivity contribution in [3.63, 3.8) is 0 Å². The molecule has 18 heavy (non-hydrogen) atoms. The van der Waals surface area contributed by atoms with Crippen molar-refractivity contribution in [1.29, 1.82) is 0 Å². The molecule has 1 saturated carbocycles. The molecule has 1 aliphatic rings. The van der Waals surface area contributed by atoms with Crippen molar-refractivity contribution in [2.75, 3.05) is 5.73 Å². The SMILES string of the molecule is CC1CCC(OC(=O)c2cccc(Cl)c2N)CC1. The van der Waals surface area contributed by atoms with Crippen LogP contribution in [0.3, 0.4) is 0 Å². The van der Waals surface area contributed by atoms with Gasteiger partial charge in [0.2, 0.25) is 0 Å². The summed E-state index contributed by atoms with van der Waals surface area (Å²) in [6.45, 7) is 2.23. The molecule has 2 rings (SSSR count). The Morgan fingerprint density at radius 3 is 2.67 bits per heavy atom. The molecule has 2 N–H and O–H groups in total. The van der Waals surface area contributed by atoms with Crippen molar-refractivity contribution in [3.05, 3.63) is 28.8 Å². The molecule has 0 aliphatic heterocycles. The molecule has 0 amide bonds. The fourth-order valence-electron chi connectivity index (χ4n) is 2.28. The molecule has 0 bridgehead atoms. The molecule has 0 atom stereocenters. The number of esters is 1. The number of para-hydroxylation sites is 1. The van der Waals surface area contributed by atoms with Gasteiger partial charge < -0.3 is 10.5 Å².